The fraction of sp³-hybridized carbons (Fsp3) is 0.109. The van der Waals surface area contributed by atoms with Crippen LogP contribution in [0.4, 0.5) is 0 Å². The molecule has 16 N–H and O–H groups in total. The molecule has 0 bridgehead atoms. The molecular formula is C64H61ClN15O8-. The Labute approximate surface area is 509 Å². The number of methoxy groups -OCH3 is 2. The van der Waals surface area contributed by atoms with E-state index in [9.17, 15) is 19.2 Å². The fourth-order valence-electron chi connectivity index (χ4n) is 8.97. The highest BCUT2D eigenvalue weighted by Gasteiger charge is 2.25. The van der Waals surface area contributed by atoms with E-state index in [-0.39, 0.29) is 23.8 Å². The van der Waals surface area contributed by atoms with E-state index in [1.807, 2.05) is 104 Å². The number of halogens is 1. The Hall–Kier alpha value is -11.7. The average molecular weight is 1200 g/mol. The number of carbonyl (C=O) groups is 5. The molecule has 448 valence electrons. The lowest BCUT2D eigenvalue weighted by Crippen LogP contribution is -2.24. The molecule has 0 unspecified atom stereocenters. The maximum atomic E-state index is 12.0. The van der Waals surface area contributed by atoms with Gasteiger partial charge >= 0.3 is 0 Å². The first kappa shape index (κ1) is 63.9. The maximum absolute atomic E-state index is 12.0. The number of rotatable bonds is 9. The van der Waals surface area contributed by atoms with Crippen molar-refractivity contribution in [2.75, 3.05) is 14.2 Å². The van der Waals surface area contributed by atoms with Crippen LogP contribution in [0.1, 0.15) is 72.7 Å². The van der Waals surface area contributed by atoms with Crippen LogP contribution in [0.2, 0.25) is 5.02 Å². The van der Waals surface area contributed by atoms with E-state index in [0.717, 1.165) is 66.9 Å². The first-order valence-electron chi connectivity index (χ1n) is 26.6. The SMILES string of the molecule is CC(=O)[O-].COc1ccc(-c2cccc3cc(C(=O)N=C(N)N)ccc23)c(OC)n1.Cn1cc(-c2ccc3cc(C(=O)N=C(N)N)ccc3c2)cn1.NC(N)=NC(=O)c1ccc2c(C3CC3)cccc2c1.NC(N)=NC(=O)c1ccc2c(Cl)cccc2c1. The van der Waals surface area contributed by atoms with E-state index in [4.69, 9.17) is 76.8 Å². The number of aliphatic imine (C=N–C) groups is 4. The second-order valence-corrected chi connectivity index (χ2v) is 19.8. The molecule has 0 radical (unpaired) electrons. The summed E-state index contributed by atoms with van der Waals surface area (Å²) in [4.78, 5) is 74.6. The zero-order chi connectivity index (χ0) is 63.8. The lowest BCUT2D eigenvalue weighted by molar-refractivity contribution is -0.302. The van der Waals surface area contributed by atoms with Crippen molar-refractivity contribution in [3.8, 4) is 34.0 Å². The van der Waals surface area contributed by atoms with Gasteiger partial charge in [-0.1, -0.05) is 96.5 Å². The monoisotopic (exact) mass is 1200 g/mol. The quantitative estimate of drug-likeness (QED) is 0.0545. The number of amides is 4. The third kappa shape index (κ3) is 17.2. The van der Waals surface area contributed by atoms with E-state index >= 15 is 0 Å². The van der Waals surface area contributed by atoms with Gasteiger partial charge in [0.1, 0.15) is 0 Å². The van der Waals surface area contributed by atoms with Crippen LogP contribution in [0.3, 0.4) is 0 Å². The molecule has 1 saturated carbocycles. The van der Waals surface area contributed by atoms with E-state index in [0.29, 0.717) is 45.0 Å². The standard InChI is InChI=1S/C19H18N4O3.C16H15N5O.C15H15N3O.C12H10ClN3O.C2H4O2/c1-25-16-9-8-15(18(22-16)26-2)14-5-3-4-11-10-12(6-7-13(11)14)17(24)23-19(20)21;1-21-9-14(8-19-21)12-3-2-11-7-13(5-4-10(11)6-12)15(22)20-16(17)18;16-15(17)18-14(19)11-6-7-13-10(8-11)2-1-3-12(13)9-4-5-9;13-10-3-1-2-7-6-8(4-5-9(7)10)11(17)16-12(14)15;1-2(3)4/h3-10H,1-2H3,(H4,20,21,23,24);2-9H,1H3,(H4,17,18,20,22);1-3,6-9H,4-5H2,(H4,16,17,18,19);1-6H,(H4,14,15,16,17);1H3,(H,3,4)/p-1. The summed E-state index contributed by atoms with van der Waals surface area (Å²) in [5.41, 5.74) is 48.8. The van der Waals surface area contributed by atoms with Gasteiger partial charge in [-0.2, -0.15) is 30.1 Å². The number of carboxylic acids is 1. The summed E-state index contributed by atoms with van der Waals surface area (Å²) in [6.07, 6.45) is 6.29. The lowest BCUT2D eigenvalue weighted by Gasteiger charge is -2.12. The number of aliphatic carboxylic acids is 1. The van der Waals surface area contributed by atoms with E-state index in [1.165, 1.54) is 23.8 Å². The number of pyridine rings is 1. The van der Waals surface area contributed by atoms with Gasteiger partial charge in [0, 0.05) is 69.1 Å². The summed E-state index contributed by atoms with van der Waals surface area (Å²) in [5, 5.41) is 21.5. The fourth-order valence-corrected chi connectivity index (χ4v) is 9.22. The van der Waals surface area contributed by atoms with Gasteiger partial charge in [-0.3, -0.25) is 23.9 Å². The first-order chi connectivity index (χ1) is 42.0. The molecule has 0 aliphatic heterocycles. The number of carboxylic acid groups (broad SMARTS) is 1. The number of fused-ring (bicyclic) bond motifs is 4. The average Bonchev–Trinajstić information content (AvgIpc) is 2.38. The summed E-state index contributed by atoms with van der Waals surface area (Å²) in [7, 11) is 4.99. The zero-order valence-electron chi connectivity index (χ0n) is 48.1. The molecular weight excluding hydrogens is 1140 g/mol. The van der Waals surface area contributed by atoms with Crippen LogP contribution in [-0.2, 0) is 11.8 Å². The molecule has 0 spiro atoms. The third-order valence-corrected chi connectivity index (χ3v) is 13.3. The maximum Gasteiger partial charge on any atom is 0.280 e. The van der Waals surface area contributed by atoms with Crippen LogP contribution in [0, 0.1) is 0 Å². The van der Waals surface area contributed by atoms with Crippen molar-refractivity contribution in [2.24, 2.45) is 72.9 Å². The lowest BCUT2D eigenvalue weighted by atomic mass is 9.97. The topological polar surface area (TPSA) is 415 Å². The predicted octanol–water partition coefficient (Wildman–Crippen LogP) is 6.78. The van der Waals surface area contributed by atoms with E-state index in [1.54, 1.807) is 79.6 Å². The number of aryl methyl sites for hydroxylation is 1. The summed E-state index contributed by atoms with van der Waals surface area (Å²) in [6.45, 7) is 0.972. The van der Waals surface area contributed by atoms with E-state index < -0.39 is 29.6 Å². The van der Waals surface area contributed by atoms with Gasteiger partial charge in [-0.05, 0) is 147 Å². The number of benzene rings is 8. The molecule has 2 aromatic heterocycles. The minimum atomic E-state index is -1.08. The van der Waals surface area contributed by atoms with Crippen molar-refractivity contribution in [1.82, 2.24) is 14.8 Å². The molecule has 0 saturated heterocycles. The van der Waals surface area contributed by atoms with Gasteiger partial charge in [-0.25, -0.2) is 0 Å². The van der Waals surface area contributed by atoms with E-state index in [2.05, 4.69) is 42.2 Å². The molecule has 8 aromatic carbocycles. The number of aromatic nitrogens is 3. The summed E-state index contributed by atoms with van der Waals surface area (Å²) >= 11 is 6.02. The van der Waals surface area contributed by atoms with Crippen molar-refractivity contribution in [3.05, 3.63) is 203 Å². The normalized spacial score (nSPS) is 11.1. The molecule has 1 aliphatic rings. The van der Waals surface area contributed by atoms with Crippen LogP contribution < -0.4 is 60.4 Å². The molecule has 0 atom stereocenters. The number of hydrogen-bond acceptors (Lipinski definition) is 10. The second-order valence-electron chi connectivity index (χ2n) is 19.4. The van der Waals surface area contributed by atoms with Crippen molar-refractivity contribution < 1.29 is 38.6 Å². The third-order valence-electron chi connectivity index (χ3n) is 13.0. The number of nitrogens with zero attached hydrogens (tertiary/aromatic N) is 7. The molecule has 24 heteroatoms. The Morgan fingerprint density at radius 3 is 1.44 bits per heavy atom. The number of guanidine groups is 4. The van der Waals surface area contributed by atoms with Crippen LogP contribution in [-0.4, -0.2) is 82.4 Å². The highest BCUT2D eigenvalue weighted by atomic mass is 35.5. The van der Waals surface area contributed by atoms with Crippen LogP contribution in [0.5, 0.6) is 11.8 Å². The molecule has 4 amide bonds. The largest absolute Gasteiger partial charge is 0.550 e. The van der Waals surface area contributed by atoms with Crippen molar-refractivity contribution in [3.63, 3.8) is 0 Å². The molecule has 2 heterocycles. The second kappa shape index (κ2) is 29.2. The Morgan fingerprint density at radius 2 is 0.955 bits per heavy atom. The van der Waals surface area contributed by atoms with Gasteiger partial charge < -0.3 is 65.2 Å². The molecule has 23 nitrogen and oxygen atoms in total. The van der Waals surface area contributed by atoms with Crippen molar-refractivity contribution in [2.45, 2.75) is 25.7 Å². The molecule has 10 aromatic rings. The molecule has 88 heavy (non-hydrogen) atoms. The summed E-state index contributed by atoms with van der Waals surface area (Å²) in [5.74, 6) is -2.24. The number of hydrogen-bond donors (Lipinski definition) is 8. The van der Waals surface area contributed by atoms with Crippen LogP contribution in [0.15, 0.2) is 190 Å². The highest BCUT2D eigenvalue weighted by Crippen LogP contribution is 2.43. The summed E-state index contributed by atoms with van der Waals surface area (Å²) < 4.78 is 12.3. The predicted molar refractivity (Wildman–Crippen MR) is 343 cm³/mol. The Morgan fingerprint density at radius 1 is 0.511 bits per heavy atom. The van der Waals surface area contributed by atoms with Gasteiger partial charge in [-0.15, -0.1) is 0 Å². The van der Waals surface area contributed by atoms with Gasteiger partial charge in [0.05, 0.1) is 20.4 Å². The number of nitrogens with two attached hydrogens (primary N) is 8. The first-order valence-corrected chi connectivity index (χ1v) is 27.0. The molecule has 1 aliphatic carbocycles. The number of carbonyl (C=O) groups excluding carboxylic acids is 5. The van der Waals surface area contributed by atoms with Crippen molar-refractivity contribution >= 4 is 108 Å². The van der Waals surface area contributed by atoms with Crippen LogP contribution in [0.25, 0.3) is 65.3 Å². The smallest absolute Gasteiger partial charge is 0.280 e. The Balaban J connectivity index is 0.000000166. The number of ether oxygens (including phenoxy) is 2. The Kier molecular flexibility index (Phi) is 21.2. The highest BCUT2D eigenvalue weighted by molar-refractivity contribution is 6.35. The van der Waals surface area contributed by atoms with Crippen molar-refractivity contribution in [1.29, 1.82) is 0 Å². The summed E-state index contributed by atoms with van der Waals surface area (Å²) in [6, 6.07) is 48.5. The van der Waals surface area contributed by atoms with Crippen LogP contribution >= 0.6 is 11.6 Å². The van der Waals surface area contributed by atoms with Gasteiger partial charge in [0.25, 0.3) is 23.6 Å². The van der Waals surface area contributed by atoms with Gasteiger partial charge in [0.2, 0.25) is 11.8 Å². The minimum absolute atomic E-state index is 0.211. The minimum Gasteiger partial charge on any atom is -0.550 e. The zero-order valence-corrected chi connectivity index (χ0v) is 48.8. The Bertz CT molecular complexity index is 4400. The van der Waals surface area contributed by atoms with Gasteiger partial charge in [0.15, 0.2) is 23.8 Å². The molecule has 1 fully saturated rings. The molecule has 11 rings (SSSR count).